The first kappa shape index (κ1) is 26.5. The Kier molecular flexibility index (Phi) is 10.1. The quantitative estimate of drug-likeness (QED) is 0.441. The lowest BCUT2D eigenvalue weighted by Crippen LogP contribution is -2.26. The Morgan fingerprint density at radius 1 is 1.06 bits per heavy atom. The van der Waals surface area contributed by atoms with Gasteiger partial charge in [0, 0.05) is 23.5 Å². The molecular weight excluding hydrogens is 412 g/mol. The molecule has 0 aliphatic rings. The van der Waals surface area contributed by atoms with E-state index in [1.54, 1.807) is 0 Å². The highest BCUT2D eigenvalue weighted by Crippen LogP contribution is 2.35. The van der Waals surface area contributed by atoms with Gasteiger partial charge < -0.3 is 20.5 Å². The van der Waals surface area contributed by atoms with Gasteiger partial charge >= 0.3 is 12.0 Å². The van der Waals surface area contributed by atoms with Crippen LogP contribution in [0, 0.1) is 6.92 Å². The van der Waals surface area contributed by atoms with Gasteiger partial charge in [-0.3, -0.25) is 4.79 Å². The fraction of sp³-hybridized carbons (Fsp3) is 0.417. The summed E-state index contributed by atoms with van der Waals surface area (Å²) in [5.41, 5.74) is 3.50. The van der Waals surface area contributed by atoms with Crippen LogP contribution < -0.4 is 10.6 Å². The number of anilines is 2. The lowest BCUT2D eigenvalue weighted by atomic mass is 9.88. The third-order valence-electron chi connectivity index (χ3n) is 5.14. The predicted octanol–water partition coefficient (Wildman–Crippen LogP) is 5.99. The van der Waals surface area contributed by atoms with Crippen LogP contribution >= 0.6 is 13.5 Å². The van der Waals surface area contributed by atoms with Crippen molar-refractivity contribution < 1.29 is 19.4 Å². The van der Waals surface area contributed by atoms with Gasteiger partial charge in [-0.2, -0.15) is 13.5 Å². The largest absolute Gasteiger partial charge is 0.481 e. The van der Waals surface area contributed by atoms with Crippen LogP contribution in [0.15, 0.2) is 42.5 Å². The maximum absolute atomic E-state index is 12.7. The summed E-state index contributed by atoms with van der Waals surface area (Å²) >= 11 is 0. The molecular formula is C24H34N2O4S. The molecule has 0 spiro atoms. The van der Waals surface area contributed by atoms with Crippen LogP contribution in [-0.2, 0) is 15.1 Å². The highest BCUT2D eigenvalue weighted by Gasteiger charge is 2.26. The van der Waals surface area contributed by atoms with Gasteiger partial charge in [-0.15, -0.1) is 0 Å². The first-order valence-electron chi connectivity index (χ1n) is 10.3. The molecule has 2 rings (SSSR count). The number of carbonyl (C=O) groups excluding carboxylic acids is 1. The standard InChI is InChI=1S/C24H32N2O4.H2S/c1-6-17(15-22(27)28)18-10-13-20(24(4,5)30-7-2)21(14-18)26-23(29)25-19-11-8-16(3)9-12-19;/h8-14,17H,6-7,15H2,1-5H3,(H,27,28)(H2,25,26,29);1H2/t17-;/m0./s1. The molecule has 2 aromatic rings. The lowest BCUT2D eigenvalue weighted by Gasteiger charge is -2.29. The Morgan fingerprint density at radius 3 is 2.26 bits per heavy atom. The van der Waals surface area contributed by atoms with E-state index in [1.165, 1.54) is 0 Å². The zero-order chi connectivity index (χ0) is 22.3. The van der Waals surface area contributed by atoms with E-state index in [0.29, 0.717) is 24.4 Å². The molecule has 0 radical (unpaired) electrons. The first-order valence-corrected chi connectivity index (χ1v) is 10.3. The number of carbonyl (C=O) groups is 2. The van der Waals surface area contributed by atoms with E-state index in [2.05, 4.69) is 10.6 Å². The second-order valence-corrected chi connectivity index (χ2v) is 7.90. The van der Waals surface area contributed by atoms with Crippen LogP contribution in [0.4, 0.5) is 16.2 Å². The van der Waals surface area contributed by atoms with Gasteiger partial charge in [-0.25, -0.2) is 4.79 Å². The summed E-state index contributed by atoms with van der Waals surface area (Å²) < 4.78 is 5.89. The van der Waals surface area contributed by atoms with Crippen molar-refractivity contribution in [1.82, 2.24) is 0 Å². The van der Waals surface area contributed by atoms with Crippen LogP contribution in [0.3, 0.4) is 0 Å². The van der Waals surface area contributed by atoms with Crippen molar-refractivity contribution in [1.29, 1.82) is 0 Å². The van der Waals surface area contributed by atoms with Crippen LogP contribution in [0.2, 0.25) is 0 Å². The zero-order valence-corrected chi connectivity index (χ0v) is 19.9. The molecule has 0 unspecified atom stereocenters. The molecule has 0 heterocycles. The van der Waals surface area contributed by atoms with Gasteiger partial charge in [0.25, 0.3) is 0 Å². The molecule has 1 atom stereocenters. The molecule has 0 fully saturated rings. The first-order chi connectivity index (χ1) is 14.2. The average molecular weight is 447 g/mol. The number of aliphatic carboxylic acids is 1. The number of carboxylic acid groups (broad SMARTS) is 1. The summed E-state index contributed by atoms with van der Waals surface area (Å²) in [4.78, 5) is 23.9. The monoisotopic (exact) mass is 446 g/mol. The molecule has 0 bridgehead atoms. The summed E-state index contributed by atoms with van der Waals surface area (Å²) in [6.07, 6.45) is 0.731. The summed E-state index contributed by atoms with van der Waals surface area (Å²) in [6, 6.07) is 12.9. The number of nitrogens with one attached hydrogen (secondary N) is 2. The van der Waals surface area contributed by atoms with E-state index in [1.807, 2.05) is 77.1 Å². The predicted molar refractivity (Wildman–Crippen MR) is 131 cm³/mol. The van der Waals surface area contributed by atoms with Crippen molar-refractivity contribution in [2.75, 3.05) is 17.2 Å². The van der Waals surface area contributed by atoms with Crippen LogP contribution in [0.1, 0.15) is 63.1 Å². The van der Waals surface area contributed by atoms with Gasteiger partial charge in [0.15, 0.2) is 0 Å². The number of hydrogen-bond acceptors (Lipinski definition) is 3. The summed E-state index contributed by atoms with van der Waals surface area (Å²) in [6.45, 7) is 10.3. The van der Waals surface area contributed by atoms with Crippen molar-refractivity contribution in [3.8, 4) is 0 Å². The van der Waals surface area contributed by atoms with Crippen molar-refractivity contribution >= 4 is 36.9 Å². The molecule has 0 aliphatic heterocycles. The maximum Gasteiger partial charge on any atom is 0.323 e. The zero-order valence-electron chi connectivity index (χ0n) is 18.9. The Bertz CT molecular complexity index is 882. The van der Waals surface area contributed by atoms with Crippen molar-refractivity contribution in [3.05, 3.63) is 59.2 Å². The van der Waals surface area contributed by atoms with E-state index in [-0.39, 0.29) is 31.9 Å². The van der Waals surface area contributed by atoms with Gasteiger partial charge in [0.1, 0.15) is 0 Å². The molecule has 7 heteroatoms. The number of urea groups is 1. The van der Waals surface area contributed by atoms with Gasteiger partial charge in [0.05, 0.1) is 12.0 Å². The minimum absolute atomic E-state index is 0. The van der Waals surface area contributed by atoms with Crippen molar-refractivity contribution in [2.24, 2.45) is 0 Å². The summed E-state index contributed by atoms with van der Waals surface area (Å²) in [5, 5.41) is 15.0. The van der Waals surface area contributed by atoms with Crippen molar-refractivity contribution in [3.63, 3.8) is 0 Å². The van der Waals surface area contributed by atoms with Crippen LogP contribution in [-0.4, -0.2) is 23.7 Å². The molecule has 0 saturated carbocycles. The molecule has 2 amide bonds. The van der Waals surface area contributed by atoms with Crippen LogP contribution in [0.25, 0.3) is 0 Å². The van der Waals surface area contributed by atoms with Crippen molar-refractivity contribution in [2.45, 2.75) is 59.0 Å². The average Bonchev–Trinajstić information content (AvgIpc) is 2.67. The molecule has 2 aromatic carbocycles. The van der Waals surface area contributed by atoms with Gasteiger partial charge in [-0.1, -0.05) is 36.8 Å². The third-order valence-corrected chi connectivity index (χ3v) is 5.14. The molecule has 0 saturated heterocycles. The molecule has 0 aromatic heterocycles. The Morgan fingerprint density at radius 2 is 1.71 bits per heavy atom. The van der Waals surface area contributed by atoms with E-state index >= 15 is 0 Å². The summed E-state index contributed by atoms with van der Waals surface area (Å²) in [5.74, 6) is -0.973. The number of amides is 2. The Hall–Kier alpha value is -2.51. The maximum atomic E-state index is 12.7. The summed E-state index contributed by atoms with van der Waals surface area (Å²) in [7, 11) is 0. The normalized spacial score (nSPS) is 11.9. The number of carboxylic acids is 1. The second kappa shape index (κ2) is 11.8. The smallest absolute Gasteiger partial charge is 0.323 e. The minimum Gasteiger partial charge on any atom is -0.481 e. The Labute approximate surface area is 191 Å². The Balaban J connectivity index is 0.00000480. The molecule has 3 N–H and O–H groups in total. The molecule has 31 heavy (non-hydrogen) atoms. The molecule has 170 valence electrons. The number of aryl methyl sites for hydroxylation is 1. The number of ether oxygens (including phenoxy) is 1. The third kappa shape index (κ3) is 7.60. The highest BCUT2D eigenvalue weighted by molar-refractivity contribution is 7.59. The number of hydrogen-bond donors (Lipinski definition) is 3. The van der Waals surface area contributed by atoms with Crippen LogP contribution in [0.5, 0.6) is 0 Å². The molecule has 0 aliphatic carbocycles. The van der Waals surface area contributed by atoms with E-state index in [4.69, 9.17) is 4.74 Å². The van der Waals surface area contributed by atoms with E-state index in [0.717, 1.165) is 16.7 Å². The topological polar surface area (TPSA) is 87.7 Å². The fourth-order valence-electron chi connectivity index (χ4n) is 3.51. The molecule has 6 nitrogen and oxygen atoms in total. The number of rotatable bonds is 9. The minimum atomic E-state index is -0.841. The van der Waals surface area contributed by atoms with E-state index in [9.17, 15) is 14.7 Å². The SMILES string of the molecule is CCOC(C)(C)c1ccc([C@@H](CC)CC(=O)O)cc1NC(=O)Nc1ccc(C)cc1.S. The van der Waals surface area contributed by atoms with Gasteiger partial charge in [-0.05, 0) is 63.8 Å². The van der Waals surface area contributed by atoms with E-state index < -0.39 is 11.6 Å². The van der Waals surface area contributed by atoms with Gasteiger partial charge in [0.2, 0.25) is 0 Å². The second-order valence-electron chi connectivity index (χ2n) is 7.90. The number of benzene rings is 2. The fourth-order valence-corrected chi connectivity index (χ4v) is 3.51. The lowest BCUT2D eigenvalue weighted by molar-refractivity contribution is -0.137. The highest BCUT2D eigenvalue weighted by atomic mass is 32.1.